The fourth-order valence-electron chi connectivity index (χ4n) is 5.77. The Hall–Kier alpha value is -3.34. The van der Waals surface area contributed by atoms with Gasteiger partial charge in [0, 0.05) is 32.4 Å². The molecule has 0 aliphatic heterocycles. The molecule has 0 saturated carbocycles. The van der Waals surface area contributed by atoms with Crippen LogP contribution in [0.1, 0.15) is 149 Å². The molecule has 3 amide bonds. The zero-order valence-corrected chi connectivity index (χ0v) is 36.1. The van der Waals surface area contributed by atoms with Gasteiger partial charge >= 0.3 is 17.9 Å². The highest BCUT2D eigenvalue weighted by Crippen LogP contribution is 2.15. The minimum atomic E-state index is -1.05. The number of unbranched alkanes of at least 4 members (excludes halogenated alkanes) is 15. The average Bonchev–Trinajstić information content (AvgIpc) is 3.16. The molecule has 0 aromatic rings. The molecule has 0 heterocycles. The average molecular weight is 832 g/mol. The molecule has 0 bridgehead atoms. The first-order valence-corrected chi connectivity index (χ1v) is 21.5. The number of esters is 2. The van der Waals surface area contributed by atoms with E-state index in [-0.39, 0.29) is 96.6 Å². The second kappa shape index (κ2) is 37.9. The third-order valence-electron chi connectivity index (χ3n) is 8.79. The summed E-state index contributed by atoms with van der Waals surface area (Å²) in [6, 6.07) is -0.869. The van der Waals surface area contributed by atoms with Gasteiger partial charge in [0.25, 0.3) is 0 Å². The molecule has 16 nitrogen and oxygen atoms in total. The van der Waals surface area contributed by atoms with Gasteiger partial charge < -0.3 is 49.5 Å². The first-order chi connectivity index (χ1) is 27.8. The molecule has 0 unspecified atom stereocenters. The van der Waals surface area contributed by atoms with Gasteiger partial charge in [-0.25, -0.2) is 4.79 Å². The lowest BCUT2D eigenvalue weighted by molar-refractivity contribution is -0.155. The molecule has 338 valence electrons. The van der Waals surface area contributed by atoms with E-state index in [1.807, 2.05) is 20.8 Å². The van der Waals surface area contributed by atoms with E-state index in [1.165, 1.54) is 71.3 Å². The van der Waals surface area contributed by atoms with Crippen molar-refractivity contribution in [3.63, 3.8) is 0 Å². The molecule has 0 spiro atoms. The van der Waals surface area contributed by atoms with Crippen LogP contribution in [-0.2, 0) is 57.2 Å². The summed E-state index contributed by atoms with van der Waals surface area (Å²) in [6.07, 6.45) is 19.4. The maximum Gasteiger partial charge on any atom is 0.329 e. The number of rotatable bonds is 40. The van der Waals surface area contributed by atoms with Crippen molar-refractivity contribution < 1.29 is 62.3 Å². The highest BCUT2D eigenvalue weighted by molar-refractivity contribution is 5.88. The Bertz CT molecular complexity index is 1100. The van der Waals surface area contributed by atoms with E-state index < -0.39 is 29.5 Å². The van der Waals surface area contributed by atoms with Gasteiger partial charge in [0.15, 0.2) is 0 Å². The molecule has 0 radical (unpaired) electrons. The predicted molar refractivity (Wildman–Crippen MR) is 219 cm³/mol. The number of aliphatic carboxylic acids is 1. The molecular weight excluding hydrogens is 754 g/mol. The molecular formula is C42H77N3O13. The summed E-state index contributed by atoms with van der Waals surface area (Å²) >= 11 is 0. The van der Waals surface area contributed by atoms with Crippen LogP contribution in [0.25, 0.3) is 0 Å². The largest absolute Gasteiger partial charge is 0.480 e. The van der Waals surface area contributed by atoms with Crippen molar-refractivity contribution in [3.8, 4) is 0 Å². The van der Waals surface area contributed by atoms with Crippen molar-refractivity contribution in [2.75, 3.05) is 73.1 Å². The van der Waals surface area contributed by atoms with Crippen LogP contribution in [0.2, 0.25) is 0 Å². The summed E-state index contributed by atoms with van der Waals surface area (Å²) < 4.78 is 30.8. The van der Waals surface area contributed by atoms with Gasteiger partial charge in [0.2, 0.25) is 17.7 Å². The summed E-state index contributed by atoms with van der Waals surface area (Å²) in [6.45, 7) is 6.78. The molecule has 0 aromatic carbocycles. The number of methoxy groups -OCH3 is 1. The van der Waals surface area contributed by atoms with Crippen LogP contribution >= 0.6 is 0 Å². The maximum absolute atomic E-state index is 12.8. The molecule has 4 N–H and O–H groups in total. The van der Waals surface area contributed by atoms with Gasteiger partial charge in [-0.05, 0) is 40.0 Å². The Morgan fingerprint density at radius 1 is 0.517 bits per heavy atom. The number of hydrogen-bond acceptors (Lipinski definition) is 12. The summed E-state index contributed by atoms with van der Waals surface area (Å²) in [5, 5.41) is 16.6. The number of carboxylic acid groups (broad SMARTS) is 1. The highest BCUT2D eigenvalue weighted by Gasteiger charge is 2.22. The summed E-state index contributed by atoms with van der Waals surface area (Å²) in [5.74, 6) is -2.57. The fraction of sp³-hybridized carbons (Fsp3) is 0.857. The van der Waals surface area contributed by atoms with Gasteiger partial charge in [-0.3, -0.25) is 24.0 Å². The first kappa shape index (κ1) is 54.7. The Morgan fingerprint density at radius 2 is 0.966 bits per heavy atom. The standard InChI is InChI=1S/C42H77N3O13/c1-42(2,3)58-40(51)22-20-18-16-14-12-10-8-6-5-7-9-11-13-15-17-19-21-36(46)45-35(23-24-39(50)53-4)41(52)44-26-28-55-29-31-56-33-37(47)43-25-27-54-30-32-57-34-38(48)49/h35H,5-34H2,1-4H3,(H,43,47)(H,44,52)(H,45,46)(H,48,49)/t35-/m0/s1. The van der Waals surface area contributed by atoms with Gasteiger partial charge in [-0.15, -0.1) is 0 Å². The SMILES string of the molecule is COC(=O)CC[C@H](NC(=O)CCCCCCCCCCCCCCCCCCC(=O)OC(C)(C)C)C(=O)NCCOCCOCC(=O)NCCOCCOCC(=O)O. The van der Waals surface area contributed by atoms with Crippen molar-refractivity contribution in [3.05, 3.63) is 0 Å². The number of amides is 3. The topological polar surface area (TPSA) is 214 Å². The van der Waals surface area contributed by atoms with E-state index in [0.29, 0.717) is 12.8 Å². The van der Waals surface area contributed by atoms with Crippen molar-refractivity contribution in [1.82, 2.24) is 16.0 Å². The van der Waals surface area contributed by atoms with Crippen molar-refractivity contribution in [1.29, 1.82) is 0 Å². The highest BCUT2D eigenvalue weighted by atomic mass is 16.6. The number of hydrogen-bond donors (Lipinski definition) is 4. The number of nitrogens with one attached hydrogen (secondary N) is 3. The lowest BCUT2D eigenvalue weighted by Gasteiger charge is -2.19. The zero-order valence-electron chi connectivity index (χ0n) is 36.1. The van der Waals surface area contributed by atoms with E-state index in [0.717, 1.165) is 38.5 Å². The van der Waals surface area contributed by atoms with Gasteiger partial charge in [0.05, 0.1) is 46.8 Å². The third-order valence-corrected chi connectivity index (χ3v) is 8.79. The van der Waals surface area contributed by atoms with Crippen LogP contribution in [0, 0.1) is 0 Å². The van der Waals surface area contributed by atoms with E-state index in [2.05, 4.69) is 16.0 Å². The second-order valence-corrected chi connectivity index (χ2v) is 15.3. The fourth-order valence-corrected chi connectivity index (χ4v) is 5.77. The summed E-state index contributed by atoms with van der Waals surface area (Å²) in [4.78, 5) is 71.1. The third kappa shape index (κ3) is 39.5. The van der Waals surface area contributed by atoms with Crippen LogP contribution in [0.5, 0.6) is 0 Å². The Labute approximate surface area is 347 Å². The van der Waals surface area contributed by atoms with Crippen molar-refractivity contribution in [2.24, 2.45) is 0 Å². The Kier molecular flexibility index (Phi) is 35.7. The van der Waals surface area contributed by atoms with Crippen LogP contribution in [0.15, 0.2) is 0 Å². The number of carbonyl (C=O) groups excluding carboxylic acids is 5. The molecule has 0 saturated heterocycles. The van der Waals surface area contributed by atoms with E-state index in [9.17, 15) is 28.8 Å². The lowest BCUT2D eigenvalue weighted by Crippen LogP contribution is -2.47. The Morgan fingerprint density at radius 3 is 1.45 bits per heavy atom. The number of carbonyl (C=O) groups is 6. The number of carboxylic acids is 1. The van der Waals surface area contributed by atoms with Crippen LogP contribution in [0.3, 0.4) is 0 Å². The van der Waals surface area contributed by atoms with Crippen LogP contribution < -0.4 is 16.0 Å². The normalized spacial score (nSPS) is 11.8. The molecule has 0 rings (SSSR count). The molecule has 58 heavy (non-hydrogen) atoms. The van der Waals surface area contributed by atoms with Crippen LogP contribution in [0.4, 0.5) is 0 Å². The zero-order chi connectivity index (χ0) is 43.1. The molecule has 1 atom stereocenters. The lowest BCUT2D eigenvalue weighted by atomic mass is 10.0. The minimum absolute atomic E-state index is 0.00717. The quantitative estimate of drug-likeness (QED) is 0.0464. The van der Waals surface area contributed by atoms with Gasteiger partial charge in [-0.2, -0.15) is 0 Å². The van der Waals surface area contributed by atoms with E-state index in [1.54, 1.807) is 0 Å². The summed E-state index contributed by atoms with van der Waals surface area (Å²) in [7, 11) is 1.28. The van der Waals surface area contributed by atoms with Gasteiger partial charge in [-0.1, -0.05) is 89.9 Å². The molecule has 16 heteroatoms. The molecule has 0 aliphatic rings. The van der Waals surface area contributed by atoms with E-state index >= 15 is 0 Å². The Balaban J connectivity index is 3.88. The molecule has 0 aromatic heterocycles. The number of ether oxygens (including phenoxy) is 6. The van der Waals surface area contributed by atoms with Gasteiger partial charge in [0.1, 0.15) is 24.9 Å². The molecule has 0 aliphatic carbocycles. The first-order valence-electron chi connectivity index (χ1n) is 21.5. The smallest absolute Gasteiger partial charge is 0.329 e. The monoisotopic (exact) mass is 832 g/mol. The second-order valence-electron chi connectivity index (χ2n) is 15.3. The maximum atomic E-state index is 12.8. The van der Waals surface area contributed by atoms with Crippen LogP contribution in [-0.4, -0.2) is 125 Å². The summed E-state index contributed by atoms with van der Waals surface area (Å²) in [5.41, 5.74) is -0.399. The van der Waals surface area contributed by atoms with Crippen molar-refractivity contribution >= 4 is 35.6 Å². The van der Waals surface area contributed by atoms with Crippen molar-refractivity contribution in [2.45, 2.75) is 161 Å². The predicted octanol–water partition coefficient (Wildman–Crippen LogP) is 5.17. The van der Waals surface area contributed by atoms with E-state index in [4.69, 9.17) is 33.5 Å². The minimum Gasteiger partial charge on any atom is -0.480 e. The molecule has 0 fully saturated rings.